The molecule has 0 aromatic heterocycles. The number of carbonyl (C=O) groups is 3. The number of ether oxygens (including phenoxy) is 2. The minimum atomic E-state index is -2.19. The number of aromatic hydroxyl groups is 2. The van der Waals surface area contributed by atoms with Gasteiger partial charge in [-0.15, -0.1) is 0 Å². The van der Waals surface area contributed by atoms with Gasteiger partial charge in [0, 0.05) is 28.7 Å². The molecule has 0 spiro atoms. The number of benzene rings is 1. The van der Waals surface area contributed by atoms with E-state index in [1.165, 1.54) is 13.8 Å². The van der Waals surface area contributed by atoms with Gasteiger partial charge in [0.15, 0.2) is 11.6 Å². The number of phenols is 2. The summed E-state index contributed by atoms with van der Waals surface area (Å²) < 4.78 is 11.1. The molecule has 6 N–H and O–H groups in total. The first kappa shape index (κ1) is 22.0. The van der Waals surface area contributed by atoms with Crippen LogP contribution >= 0.6 is 0 Å². The predicted molar refractivity (Wildman–Crippen MR) is 106 cm³/mol. The average molecular weight is 462 g/mol. The Balaban J connectivity index is 1.76. The van der Waals surface area contributed by atoms with Gasteiger partial charge in [0.2, 0.25) is 0 Å². The standard InChI is InChI=1S/C22H22O11/c1-5-11-13(17(26)8(32-5)4-10(24)25)20(29)14-15(18(11)27)21(30)16-12(19(14)28)7-3-9(23)22(16,31)6(2)33-7/h5-9,17,23,26-27,29,31H,3-4H2,1-2H3,(H,24,25)/t5-,6+,7-,8-,9+,17-,22+/m0/s1. The maximum Gasteiger partial charge on any atom is 0.306 e. The van der Waals surface area contributed by atoms with E-state index >= 15 is 0 Å². The van der Waals surface area contributed by atoms with Gasteiger partial charge in [-0.05, 0) is 13.8 Å². The summed E-state index contributed by atoms with van der Waals surface area (Å²) in [5, 5.41) is 63.6. The highest BCUT2D eigenvalue weighted by Gasteiger charge is 2.62. The van der Waals surface area contributed by atoms with Crippen LogP contribution in [0.15, 0.2) is 11.1 Å². The van der Waals surface area contributed by atoms with E-state index in [0.717, 1.165) is 0 Å². The summed E-state index contributed by atoms with van der Waals surface area (Å²) in [6.45, 7) is 2.88. The molecule has 7 atom stereocenters. The number of carboxylic acid groups (broad SMARTS) is 1. The smallest absolute Gasteiger partial charge is 0.306 e. The Morgan fingerprint density at radius 1 is 1.03 bits per heavy atom. The lowest BCUT2D eigenvalue weighted by atomic mass is 9.63. The van der Waals surface area contributed by atoms with Crippen molar-refractivity contribution in [2.24, 2.45) is 0 Å². The summed E-state index contributed by atoms with van der Waals surface area (Å²) >= 11 is 0. The molecular formula is C22H22O11. The largest absolute Gasteiger partial charge is 0.507 e. The topological polar surface area (TPSA) is 191 Å². The van der Waals surface area contributed by atoms with Crippen LogP contribution in [0.4, 0.5) is 0 Å². The molecule has 33 heavy (non-hydrogen) atoms. The van der Waals surface area contributed by atoms with Crippen LogP contribution < -0.4 is 0 Å². The van der Waals surface area contributed by atoms with E-state index in [0.29, 0.717) is 0 Å². The lowest BCUT2D eigenvalue weighted by molar-refractivity contribution is -0.207. The maximum absolute atomic E-state index is 13.6. The van der Waals surface area contributed by atoms with E-state index in [1.54, 1.807) is 0 Å². The number of phenolic OH excluding ortho intramolecular Hbond substituents is 2. The molecule has 6 rings (SSSR count). The Kier molecular flexibility index (Phi) is 4.56. The van der Waals surface area contributed by atoms with Gasteiger partial charge in [0.1, 0.15) is 23.2 Å². The summed E-state index contributed by atoms with van der Waals surface area (Å²) in [6, 6.07) is 0. The Morgan fingerprint density at radius 2 is 1.64 bits per heavy atom. The molecule has 1 fully saturated rings. The number of fused-ring (bicyclic) bond motifs is 4. The molecule has 0 unspecified atom stereocenters. The monoisotopic (exact) mass is 462 g/mol. The third-order valence-electron chi connectivity index (χ3n) is 7.18. The zero-order chi connectivity index (χ0) is 24.1. The van der Waals surface area contributed by atoms with E-state index in [2.05, 4.69) is 0 Å². The molecule has 11 heteroatoms. The first-order valence-corrected chi connectivity index (χ1v) is 10.5. The van der Waals surface area contributed by atoms with Crippen molar-refractivity contribution in [1.82, 2.24) is 0 Å². The van der Waals surface area contributed by atoms with E-state index in [1.807, 2.05) is 0 Å². The van der Waals surface area contributed by atoms with E-state index < -0.39 is 88.8 Å². The number of aliphatic hydroxyl groups is 3. The number of aliphatic carboxylic acids is 1. The van der Waals surface area contributed by atoms with Crippen molar-refractivity contribution in [1.29, 1.82) is 0 Å². The van der Waals surface area contributed by atoms with Gasteiger partial charge < -0.3 is 40.1 Å². The third-order valence-corrected chi connectivity index (χ3v) is 7.18. The fourth-order valence-corrected chi connectivity index (χ4v) is 5.65. The predicted octanol–water partition coefficient (Wildman–Crippen LogP) is 0.0243. The molecule has 3 heterocycles. The molecular weight excluding hydrogens is 440 g/mol. The summed E-state index contributed by atoms with van der Waals surface area (Å²) in [6.07, 6.45) is -8.21. The lowest BCUT2D eigenvalue weighted by Crippen LogP contribution is -2.66. The van der Waals surface area contributed by atoms with Gasteiger partial charge in [0.25, 0.3) is 0 Å². The minimum absolute atomic E-state index is 0.153. The van der Waals surface area contributed by atoms with Gasteiger partial charge in [-0.1, -0.05) is 0 Å². The van der Waals surface area contributed by atoms with E-state index in [9.17, 15) is 39.9 Å². The van der Waals surface area contributed by atoms with Crippen molar-refractivity contribution in [3.8, 4) is 11.5 Å². The fourth-order valence-electron chi connectivity index (χ4n) is 5.65. The molecule has 5 aliphatic rings. The Bertz CT molecular complexity index is 1150. The van der Waals surface area contributed by atoms with Gasteiger partial charge >= 0.3 is 5.97 Å². The number of hydrogen-bond donors (Lipinski definition) is 6. The number of hydrogen-bond acceptors (Lipinski definition) is 10. The molecule has 2 bridgehead atoms. The van der Waals surface area contributed by atoms with Crippen LogP contribution in [-0.4, -0.2) is 78.2 Å². The third kappa shape index (κ3) is 2.59. The van der Waals surface area contributed by atoms with Crippen LogP contribution in [0.1, 0.15) is 70.7 Å². The van der Waals surface area contributed by atoms with Gasteiger partial charge in [0.05, 0.1) is 48.1 Å². The van der Waals surface area contributed by atoms with Gasteiger partial charge in [-0.2, -0.15) is 0 Å². The zero-order valence-corrected chi connectivity index (χ0v) is 17.6. The molecule has 1 aromatic carbocycles. The van der Waals surface area contributed by atoms with Crippen molar-refractivity contribution < 1.29 is 54.5 Å². The second kappa shape index (κ2) is 6.84. The SMILES string of the molecule is C[C@@H]1O[C@@H](CC(=O)O)[C@H](O)c2c(O)c3c(c(O)c21)C(=O)C1=C(C3=O)[C@@H]2C[C@@H](O)[C@]1(O)[C@@H](C)O2. The number of ketones is 2. The van der Waals surface area contributed by atoms with Gasteiger partial charge in [-0.25, -0.2) is 0 Å². The fraction of sp³-hybridized carbons (Fsp3) is 0.500. The van der Waals surface area contributed by atoms with Crippen molar-refractivity contribution in [3.63, 3.8) is 0 Å². The number of Topliss-reactive ketones (excluding diaryl/α,β-unsaturated/α-hetero) is 2. The maximum atomic E-state index is 13.6. The summed E-state index contributed by atoms with van der Waals surface area (Å²) in [4.78, 5) is 38.2. The Morgan fingerprint density at radius 3 is 2.24 bits per heavy atom. The van der Waals surface area contributed by atoms with Gasteiger partial charge in [-0.3, -0.25) is 14.4 Å². The van der Waals surface area contributed by atoms with Crippen LogP contribution in [-0.2, 0) is 14.3 Å². The second-order valence-corrected chi connectivity index (χ2v) is 8.92. The summed E-state index contributed by atoms with van der Waals surface area (Å²) in [5.74, 6) is -4.61. The number of rotatable bonds is 2. The highest BCUT2D eigenvalue weighted by atomic mass is 16.5. The normalized spacial score (nSPS) is 37.0. The first-order chi connectivity index (χ1) is 15.4. The summed E-state index contributed by atoms with van der Waals surface area (Å²) in [5.41, 5.74) is -4.40. The molecule has 3 aliphatic heterocycles. The average Bonchev–Trinajstić information content (AvgIpc) is 2.72. The van der Waals surface area contributed by atoms with Crippen LogP contribution in [0.5, 0.6) is 11.5 Å². The Hall–Kier alpha value is -2.83. The molecule has 1 saturated heterocycles. The molecule has 0 radical (unpaired) electrons. The van der Waals surface area contributed by atoms with Crippen molar-refractivity contribution in [3.05, 3.63) is 33.4 Å². The molecule has 1 aromatic rings. The highest BCUT2D eigenvalue weighted by molar-refractivity contribution is 6.30. The zero-order valence-electron chi connectivity index (χ0n) is 17.6. The van der Waals surface area contributed by atoms with Crippen molar-refractivity contribution in [2.75, 3.05) is 0 Å². The lowest BCUT2D eigenvalue weighted by Gasteiger charge is -2.52. The van der Waals surface area contributed by atoms with Crippen LogP contribution in [0.3, 0.4) is 0 Å². The number of aliphatic hydroxyl groups excluding tert-OH is 2. The molecule has 0 saturated carbocycles. The minimum Gasteiger partial charge on any atom is -0.507 e. The van der Waals surface area contributed by atoms with E-state index in [4.69, 9.17) is 14.6 Å². The molecule has 0 amide bonds. The van der Waals surface area contributed by atoms with Crippen LogP contribution in [0, 0.1) is 0 Å². The number of carboxylic acids is 1. The number of carbonyl (C=O) groups excluding carboxylic acids is 2. The second-order valence-electron chi connectivity index (χ2n) is 8.92. The quantitative estimate of drug-likeness (QED) is 0.325. The highest BCUT2D eigenvalue weighted by Crippen LogP contribution is 2.55. The van der Waals surface area contributed by atoms with Crippen LogP contribution in [0.2, 0.25) is 0 Å². The van der Waals surface area contributed by atoms with Crippen molar-refractivity contribution >= 4 is 17.5 Å². The van der Waals surface area contributed by atoms with Crippen molar-refractivity contribution in [2.45, 2.75) is 68.9 Å². The Labute approximate surface area is 186 Å². The van der Waals surface area contributed by atoms with E-state index in [-0.39, 0.29) is 28.7 Å². The summed E-state index contributed by atoms with van der Waals surface area (Å²) in [7, 11) is 0. The first-order valence-electron chi connectivity index (χ1n) is 10.5. The molecule has 11 nitrogen and oxygen atoms in total. The molecule has 2 aliphatic carbocycles. The van der Waals surface area contributed by atoms with Crippen LogP contribution in [0.25, 0.3) is 0 Å². The molecule has 176 valence electrons.